The van der Waals surface area contributed by atoms with Gasteiger partial charge in [-0.3, -0.25) is 4.89 Å². The molecule has 1 aromatic carbocycles. The van der Waals surface area contributed by atoms with Crippen LogP contribution in [0.1, 0.15) is 78.2 Å². The van der Waals surface area contributed by atoms with Gasteiger partial charge in [0.25, 0.3) is 0 Å². The highest BCUT2D eigenvalue weighted by Crippen LogP contribution is 2.25. The van der Waals surface area contributed by atoms with Crippen LogP contribution in [-0.2, 0) is 20.1 Å². The van der Waals surface area contributed by atoms with Crippen LogP contribution in [0.15, 0.2) is 24.3 Å². The van der Waals surface area contributed by atoms with E-state index in [1.54, 1.807) is 12.1 Å². The molecule has 0 atom stereocenters. The first-order valence-corrected chi connectivity index (χ1v) is 7.99. The van der Waals surface area contributed by atoms with E-state index in [2.05, 4.69) is 4.89 Å². The third-order valence-electron chi connectivity index (χ3n) is 2.58. The fourth-order valence-electron chi connectivity index (χ4n) is 1.61. The molecule has 0 heterocycles. The van der Waals surface area contributed by atoms with Crippen molar-refractivity contribution in [3.05, 3.63) is 35.4 Å². The molecule has 0 aliphatic carbocycles. The minimum atomic E-state index is -0.712. The molecule has 0 unspecified atom stereocenters. The van der Waals surface area contributed by atoms with Crippen molar-refractivity contribution in [1.29, 1.82) is 0 Å². The molecule has 0 saturated heterocycles. The lowest BCUT2D eigenvalue weighted by atomic mass is 9.84. The average Bonchev–Trinajstić information content (AvgIpc) is 2.43. The van der Waals surface area contributed by atoms with Crippen molar-refractivity contribution in [1.82, 2.24) is 0 Å². The second-order valence-corrected chi connectivity index (χ2v) is 8.57. The molecule has 0 aliphatic rings. The predicted octanol–water partition coefficient (Wildman–Crippen LogP) is 5.15. The Bertz CT molecular complexity index is 502. The smallest absolute Gasteiger partial charge is 0.295 e. The topological polar surface area (TPSA) is 65.0 Å². The third kappa shape index (κ3) is 9.65. The van der Waals surface area contributed by atoms with E-state index in [9.17, 15) is 4.79 Å². The van der Waals surface area contributed by atoms with Gasteiger partial charge in [-0.2, -0.15) is 5.26 Å². The Morgan fingerprint density at radius 2 is 1.25 bits per heavy atom. The van der Waals surface area contributed by atoms with Crippen molar-refractivity contribution < 1.29 is 24.7 Å². The van der Waals surface area contributed by atoms with Crippen LogP contribution in [0, 0.1) is 0 Å². The fraction of sp³-hybridized carbons (Fsp3) is 0.632. The molecular formula is C19H32O5. The Hall–Kier alpha value is -1.43. The molecule has 0 radical (unpaired) electrons. The average molecular weight is 340 g/mol. The van der Waals surface area contributed by atoms with Gasteiger partial charge in [0.15, 0.2) is 0 Å². The number of rotatable bonds is 2. The molecule has 138 valence electrons. The Morgan fingerprint density at radius 3 is 1.58 bits per heavy atom. The zero-order valence-electron chi connectivity index (χ0n) is 16.4. The van der Waals surface area contributed by atoms with E-state index in [0.717, 1.165) is 5.56 Å². The molecule has 0 aromatic heterocycles. The molecule has 0 amide bonds. The SMILES string of the molecule is CC(C)(C)OOC(C)(C)C.CC(C)(C)c1ccccc1C(=O)OO. The lowest BCUT2D eigenvalue weighted by Crippen LogP contribution is -2.27. The van der Waals surface area contributed by atoms with Gasteiger partial charge in [-0.05, 0) is 58.6 Å². The summed E-state index contributed by atoms with van der Waals surface area (Å²) in [7, 11) is 0. The molecule has 0 bridgehead atoms. The standard InChI is InChI=1S/C11H14O3.C8H18O2/c1-11(2,3)9-7-5-4-6-8(9)10(12)14-13;1-7(2,3)9-10-8(4,5)6/h4-7,13H,1-3H3;1-6H3. The summed E-state index contributed by atoms with van der Waals surface area (Å²) in [6.07, 6.45) is 0. The first-order chi connectivity index (χ1) is 10.7. The Labute approximate surface area is 145 Å². The Morgan fingerprint density at radius 1 is 0.833 bits per heavy atom. The van der Waals surface area contributed by atoms with E-state index in [-0.39, 0.29) is 16.6 Å². The maximum atomic E-state index is 11.2. The minimum Gasteiger partial charge on any atom is -0.295 e. The summed E-state index contributed by atoms with van der Waals surface area (Å²) >= 11 is 0. The number of hydrogen-bond donors (Lipinski definition) is 1. The maximum absolute atomic E-state index is 11.2. The number of benzene rings is 1. The van der Waals surface area contributed by atoms with Gasteiger partial charge in [0.2, 0.25) is 0 Å². The van der Waals surface area contributed by atoms with Gasteiger partial charge in [0.1, 0.15) is 0 Å². The second kappa shape index (κ2) is 8.60. The van der Waals surface area contributed by atoms with Gasteiger partial charge < -0.3 is 0 Å². The van der Waals surface area contributed by atoms with Crippen molar-refractivity contribution >= 4 is 5.97 Å². The molecule has 0 aliphatic heterocycles. The molecule has 5 heteroatoms. The van der Waals surface area contributed by atoms with Gasteiger partial charge in [-0.1, -0.05) is 39.0 Å². The Balaban J connectivity index is 0.000000470. The molecule has 24 heavy (non-hydrogen) atoms. The zero-order chi connectivity index (χ0) is 19.2. The Kier molecular flexibility index (Phi) is 8.09. The lowest BCUT2D eigenvalue weighted by molar-refractivity contribution is -0.393. The van der Waals surface area contributed by atoms with Crippen LogP contribution in [0.4, 0.5) is 0 Å². The van der Waals surface area contributed by atoms with Crippen molar-refractivity contribution in [3.8, 4) is 0 Å². The van der Waals surface area contributed by atoms with Gasteiger partial charge in [0, 0.05) is 0 Å². The summed E-state index contributed by atoms with van der Waals surface area (Å²) in [5.41, 5.74) is 0.687. The van der Waals surface area contributed by atoms with Crippen molar-refractivity contribution in [2.75, 3.05) is 0 Å². The van der Waals surface area contributed by atoms with Crippen LogP contribution in [0.25, 0.3) is 0 Å². The zero-order valence-corrected chi connectivity index (χ0v) is 16.4. The molecule has 0 saturated carbocycles. The first kappa shape index (κ1) is 22.6. The van der Waals surface area contributed by atoms with Crippen LogP contribution < -0.4 is 0 Å². The molecule has 1 aromatic rings. The van der Waals surface area contributed by atoms with Gasteiger partial charge >= 0.3 is 5.97 Å². The normalized spacial score (nSPS) is 12.2. The van der Waals surface area contributed by atoms with Crippen LogP contribution in [0.5, 0.6) is 0 Å². The lowest BCUT2D eigenvalue weighted by Gasteiger charge is -2.24. The fourth-order valence-corrected chi connectivity index (χ4v) is 1.61. The highest BCUT2D eigenvalue weighted by atomic mass is 17.2. The van der Waals surface area contributed by atoms with E-state index in [0.29, 0.717) is 5.56 Å². The van der Waals surface area contributed by atoms with Crippen molar-refractivity contribution in [2.24, 2.45) is 0 Å². The summed E-state index contributed by atoms with van der Waals surface area (Å²) in [6, 6.07) is 7.08. The van der Waals surface area contributed by atoms with Crippen molar-refractivity contribution in [3.63, 3.8) is 0 Å². The van der Waals surface area contributed by atoms with Crippen LogP contribution in [0.3, 0.4) is 0 Å². The van der Waals surface area contributed by atoms with E-state index < -0.39 is 5.97 Å². The molecule has 0 fully saturated rings. The summed E-state index contributed by atoms with van der Waals surface area (Å²) in [5.74, 6) is -0.712. The molecule has 5 nitrogen and oxygen atoms in total. The largest absolute Gasteiger partial charge is 0.373 e. The first-order valence-electron chi connectivity index (χ1n) is 7.99. The highest BCUT2D eigenvalue weighted by molar-refractivity contribution is 5.91. The van der Waals surface area contributed by atoms with Gasteiger partial charge in [-0.15, -0.1) is 0 Å². The van der Waals surface area contributed by atoms with Crippen molar-refractivity contribution in [2.45, 2.75) is 78.9 Å². The van der Waals surface area contributed by atoms with E-state index in [1.165, 1.54) is 0 Å². The van der Waals surface area contributed by atoms with E-state index in [4.69, 9.17) is 15.0 Å². The summed E-state index contributed by atoms with van der Waals surface area (Å²) in [4.78, 5) is 25.1. The molecule has 1 rings (SSSR count). The summed E-state index contributed by atoms with van der Waals surface area (Å²) < 4.78 is 0. The highest BCUT2D eigenvalue weighted by Gasteiger charge is 2.22. The molecular weight excluding hydrogens is 308 g/mol. The van der Waals surface area contributed by atoms with E-state index in [1.807, 2.05) is 74.4 Å². The third-order valence-corrected chi connectivity index (χ3v) is 2.58. The maximum Gasteiger partial charge on any atom is 0.373 e. The van der Waals surface area contributed by atoms with Crippen LogP contribution >= 0.6 is 0 Å². The van der Waals surface area contributed by atoms with Gasteiger partial charge in [-0.25, -0.2) is 14.6 Å². The molecule has 0 spiro atoms. The quantitative estimate of drug-likeness (QED) is 0.596. The minimum absolute atomic E-state index is 0.148. The summed E-state index contributed by atoms with van der Waals surface area (Å²) in [5, 5.41) is 8.33. The monoisotopic (exact) mass is 340 g/mol. The van der Waals surface area contributed by atoms with Gasteiger partial charge in [0.05, 0.1) is 16.8 Å². The molecule has 1 N–H and O–H groups in total. The number of carbonyl (C=O) groups excluding carboxylic acids is 1. The van der Waals surface area contributed by atoms with Crippen LogP contribution in [-0.4, -0.2) is 22.4 Å². The van der Waals surface area contributed by atoms with Crippen LogP contribution in [0.2, 0.25) is 0 Å². The predicted molar refractivity (Wildman–Crippen MR) is 94.9 cm³/mol. The van der Waals surface area contributed by atoms with E-state index >= 15 is 0 Å². The second-order valence-electron chi connectivity index (χ2n) is 8.57. The number of hydrogen-bond acceptors (Lipinski definition) is 5. The number of carbonyl (C=O) groups is 1. The summed E-state index contributed by atoms with van der Waals surface area (Å²) in [6.45, 7) is 17.7.